The van der Waals surface area contributed by atoms with Crippen molar-refractivity contribution in [3.63, 3.8) is 0 Å². The Morgan fingerprint density at radius 2 is 1.90 bits per heavy atom. The van der Waals surface area contributed by atoms with Crippen molar-refractivity contribution in [2.24, 2.45) is 11.8 Å². The van der Waals surface area contributed by atoms with Gasteiger partial charge in [-0.05, 0) is 79.5 Å². The van der Waals surface area contributed by atoms with E-state index >= 15 is 0 Å². The molecule has 0 bridgehead atoms. The zero-order valence-corrected chi connectivity index (χ0v) is 12.4. The maximum atomic E-state index is 10.1. The van der Waals surface area contributed by atoms with Gasteiger partial charge >= 0.3 is 0 Å². The third kappa shape index (κ3) is 2.71. The van der Waals surface area contributed by atoms with Gasteiger partial charge in [-0.25, -0.2) is 0 Å². The Kier molecular flexibility index (Phi) is 4.02. The molecule has 4 atom stereocenters. The van der Waals surface area contributed by atoms with Gasteiger partial charge in [0.25, 0.3) is 0 Å². The topological polar surface area (TPSA) is 40.5 Å². The lowest BCUT2D eigenvalue weighted by atomic mass is 9.71. The Morgan fingerprint density at radius 3 is 2.75 bits per heavy atom. The van der Waals surface area contributed by atoms with E-state index in [1.54, 1.807) is 0 Å². The first-order chi connectivity index (χ1) is 9.65. The van der Waals surface area contributed by atoms with E-state index < -0.39 is 0 Å². The van der Waals surface area contributed by atoms with Crippen LogP contribution in [0.25, 0.3) is 0 Å². The van der Waals surface area contributed by atoms with Crippen LogP contribution in [0.15, 0.2) is 18.2 Å². The highest BCUT2D eigenvalue weighted by Gasteiger charge is 2.31. The number of phenolic OH excluding ortho intramolecular Hbond substituents is 1. The minimum atomic E-state index is -0.116. The molecule has 1 aromatic rings. The van der Waals surface area contributed by atoms with Crippen molar-refractivity contribution in [2.75, 3.05) is 0 Å². The highest BCUT2D eigenvalue weighted by atomic mass is 16.3. The fourth-order valence-electron chi connectivity index (χ4n) is 4.21. The van der Waals surface area contributed by atoms with Crippen LogP contribution in [0.1, 0.15) is 62.5 Å². The van der Waals surface area contributed by atoms with Crippen LogP contribution in [-0.4, -0.2) is 16.3 Å². The van der Waals surface area contributed by atoms with E-state index in [9.17, 15) is 10.2 Å². The first-order valence-electron chi connectivity index (χ1n) is 8.15. The third-order valence-corrected chi connectivity index (χ3v) is 5.54. The number of hydrogen-bond donors (Lipinski definition) is 2. The van der Waals surface area contributed by atoms with Gasteiger partial charge in [0.15, 0.2) is 0 Å². The minimum absolute atomic E-state index is 0.116. The van der Waals surface area contributed by atoms with Crippen LogP contribution in [0.4, 0.5) is 0 Å². The van der Waals surface area contributed by atoms with Crippen LogP contribution in [0.5, 0.6) is 5.75 Å². The second-order valence-corrected chi connectivity index (χ2v) is 6.84. The van der Waals surface area contributed by atoms with Crippen LogP contribution >= 0.6 is 0 Å². The lowest BCUT2D eigenvalue weighted by Crippen LogP contribution is -2.21. The standard InChI is InChI=1S/C18H26O2/c1-12-5-9-16-13(3-2-4-18(12)20)6-7-14-11-15(19)8-10-17(14)16/h8,10-13,16,18-20H,2-7,9H2,1H3. The van der Waals surface area contributed by atoms with Crippen LogP contribution < -0.4 is 0 Å². The van der Waals surface area contributed by atoms with Crippen molar-refractivity contribution in [1.82, 2.24) is 0 Å². The zero-order chi connectivity index (χ0) is 14.1. The number of phenols is 1. The van der Waals surface area contributed by atoms with Crippen molar-refractivity contribution < 1.29 is 10.2 Å². The van der Waals surface area contributed by atoms with E-state index in [0.29, 0.717) is 17.6 Å². The number of hydrogen-bond acceptors (Lipinski definition) is 2. The fraction of sp³-hybridized carbons (Fsp3) is 0.667. The second kappa shape index (κ2) is 5.77. The minimum Gasteiger partial charge on any atom is -0.508 e. The Hall–Kier alpha value is -1.02. The molecule has 2 heteroatoms. The molecular formula is C18H26O2. The molecule has 0 amide bonds. The van der Waals surface area contributed by atoms with Gasteiger partial charge in [0, 0.05) is 0 Å². The summed E-state index contributed by atoms with van der Waals surface area (Å²) in [6, 6.07) is 5.93. The number of rotatable bonds is 0. The summed E-state index contributed by atoms with van der Waals surface area (Å²) < 4.78 is 0. The Balaban J connectivity index is 1.86. The van der Waals surface area contributed by atoms with Crippen LogP contribution in [0.3, 0.4) is 0 Å². The van der Waals surface area contributed by atoms with Gasteiger partial charge in [-0.1, -0.05) is 19.4 Å². The Bertz CT molecular complexity index is 468. The van der Waals surface area contributed by atoms with E-state index in [-0.39, 0.29) is 6.10 Å². The predicted octanol–water partition coefficient (Wildman–Crippen LogP) is 4.00. The molecule has 0 spiro atoms. The van der Waals surface area contributed by atoms with Gasteiger partial charge in [0.1, 0.15) is 5.75 Å². The first kappa shape index (κ1) is 13.9. The smallest absolute Gasteiger partial charge is 0.115 e. The van der Waals surface area contributed by atoms with E-state index in [0.717, 1.165) is 31.6 Å². The molecule has 2 aliphatic carbocycles. The largest absolute Gasteiger partial charge is 0.508 e. The summed E-state index contributed by atoms with van der Waals surface area (Å²) in [5.74, 6) is 2.21. The Morgan fingerprint density at radius 1 is 1.05 bits per heavy atom. The molecule has 2 N–H and O–H groups in total. The molecular weight excluding hydrogens is 248 g/mol. The second-order valence-electron chi connectivity index (χ2n) is 6.84. The van der Waals surface area contributed by atoms with Crippen LogP contribution in [-0.2, 0) is 6.42 Å². The molecule has 3 rings (SSSR count). The zero-order valence-electron chi connectivity index (χ0n) is 12.4. The van der Waals surface area contributed by atoms with Gasteiger partial charge in [-0.2, -0.15) is 0 Å². The molecule has 110 valence electrons. The molecule has 0 radical (unpaired) electrons. The summed E-state index contributed by atoms with van der Waals surface area (Å²) in [4.78, 5) is 0. The molecule has 0 aromatic heterocycles. The third-order valence-electron chi connectivity index (χ3n) is 5.54. The van der Waals surface area contributed by atoms with Crippen LogP contribution in [0, 0.1) is 11.8 Å². The van der Waals surface area contributed by atoms with E-state index in [1.165, 1.54) is 30.4 Å². The average Bonchev–Trinajstić information content (AvgIpc) is 2.50. The quantitative estimate of drug-likeness (QED) is 0.750. The normalized spacial score (nSPS) is 34.3. The van der Waals surface area contributed by atoms with Crippen molar-refractivity contribution in [1.29, 1.82) is 0 Å². The summed E-state index contributed by atoms with van der Waals surface area (Å²) in [6.45, 7) is 2.19. The number of aliphatic hydroxyl groups is 1. The van der Waals surface area contributed by atoms with Crippen molar-refractivity contribution in [2.45, 2.75) is 63.9 Å². The van der Waals surface area contributed by atoms with Gasteiger partial charge < -0.3 is 10.2 Å². The molecule has 1 saturated carbocycles. The van der Waals surface area contributed by atoms with E-state index in [2.05, 4.69) is 13.0 Å². The van der Waals surface area contributed by atoms with E-state index in [1.807, 2.05) is 12.1 Å². The molecule has 1 fully saturated rings. The van der Waals surface area contributed by atoms with E-state index in [4.69, 9.17) is 0 Å². The maximum absolute atomic E-state index is 10.1. The molecule has 2 nitrogen and oxygen atoms in total. The number of aryl methyl sites for hydroxylation is 1. The highest BCUT2D eigenvalue weighted by Crippen LogP contribution is 2.44. The monoisotopic (exact) mass is 274 g/mol. The van der Waals surface area contributed by atoms with Gasteiger partial charge in [-0.3, -0.25) is 0 Å². The number of benzene rings is 1. The molecule has 4 unspecified atom stereocenters. The Labute approximate surface area is 121 Å². The first-order valence-corrected chi connectivity index (χ1v) is 8.15. The summed E-state index contributed by atoms with van der Waals surface area (Å²) >= 11 is 0. The van der Waals surface area contributed by atoms with Gasteiger partial charge in [-0.15, -0.1) is 0 Å². The summed E-state index contributed by atoms with van der Waals surface area (Å²) in [6.07, 6.45) is 7.88. The number of fused-ring (bicyclic) bond motifs is 3. The average molecular weight is 274 g/mol. The summed E-state index contributed by atoms with van der Waals surface area (Å²) in [5.41, 5.74) is 2.81. The van der Waals surface area contributed by atoms with Crippen molar-refractivity contribution >= 4 is 0 Å². The number of aliphatic hydroxyl groups excluding tert-OH is 1. The van der Waals surface area contributed by atoms with Crippen molar-refractivity contribution in [3.05, 3.63) is 29.3 Å². The molecule has 0 aliphatic heterocycles. The molecule has 0 heterocycles. The van der Waals surface area contributed by atoms with Gasteiger partial charge in [0.2, 0.25) is 0 Å². The lowest BCUT2D eigenvalue weighted by Gasteiger charge is -2.34. The molecule has 2 aliphatic rings. The lowest BCUT2D eigenvalue weighted by molar-refractivity contribution is 0.101. The molecule has 1 aromatic carbocycles. The SMILES string of the molecule is CC1CCC2c3ccc(O)cc3CCC2CCCC1O. The van der Waals surface area contributed by atoms with Crippen LogP contribution in [0.2, 0.25) is 0 Å². The fourth-order valence-corrected chi connectivity index (χ4v) is 4.21. The highest BCUT2D eigenvalue weighted by molar-refractivity contribution is 5.39. The maximum Gasteiger partial charge on any atom is 0.115 e. The summed E-state index contributed by atoms with van der Waals surface area (Å²) in [5, 5.41) is 19.8. The number of aromatic hydroxyl groups is 1. The molecule has 0 saturated heterocycles. The van der Waals surface area contributed by atoms with Crippen molar-refractivity contribution in [3.8, 4) is 5.75 Å². The summed E-state index contributed by atoms with van der Waals surface area (Å²) in [7, 11) is 0. The predicted molar refractivity (Wildman–Crippen MR) is 80.9 cm³/mol. The molecule has 20 heavy (non-hydrogen) atoms. The van der Waals surface area contributed by atoms with Gasteiger partial charge in [0.05, 0.1) is 6.10 Å².